The van der Waals surface area contributed by atoms with Crippen molar-refractivity contribution in [2.75, 3.05) is 20.3 Å². The van der Waals surface area contributed by atoms with E-state index in [0.29, 0.717) is 26.1 Å². The number of cyclic esters (lactones) is 1. The topological polar surface area (TPSA) is 115 Å². The van der Waals surface area contributed by atoms with Gasteiger partial charge in [0.2, 0.25) is 0 Å². The predicted molar refractivity (Wildman–Crippen MR) is 133 cm³/mol. The van der Waals surface area contributed by atoms with Crippen molar-refractivity contribution >= 4 is 5.97 Å². The van der Waals surface area contributed by atoms with Crippen molar-refractivity contribution in [1.82, 2.24) is 0 Å². The molecule has 6 rings (SSSR count). The smallest absolute Gasteiger partial charge is 0.331 e. The fraction of sp³-hybridized carbons (Fsp3) is 0.828. The highest BCUT2D eigenvalue weighted by atomic mass is 16.7. The second-order valence-corrected chi connectivity index (χ2v) is 12.8. The first-order valence-corrected chi connectivity index (χ1v) is 14.1. The Kier molecular flexibility index (Phi) is 6.41. The molecule has 0 radical (unpaired) electrons. The van der Waals surface area contributed by atoms with Gasteiger partial charge in [0.15, 0.2) is 6.29 Å². The predicted octanol–water partition coefficient (Wildman–Crippen LogP) is 2.64. The number of hydrogen-bond acceptors (Lipinski definition) is 8. The highest BCUT2D eigenvalue weighted by Gasteiger charge is 2.67. The van der Waals surface area contributed by atoms with E-state index in [2.05, 4.69) is 19.9 Å². The lowest BCUT2D eigenvalue weighted by atomic mass is 9.45. The fourth-order valence-corrected chi connectivity index (χ4v) is 9.30. The maximum atomic E-state index is 12.4. The van der Waals surface area contributed by atoms with Crippen molar-refractivity contribution < 1.29 is 39.1 Å². The molecule has 37 heavy (non-hydrogen) atoms. The van der Waals surface area contributed by atoms with Gasteiger partial charge in [-0.05, 0) is 80.1 Å². The number of fused-ring (bicyclic) bond motifs is 5. The number of carbonyl (C=O) groups excluding carboxylic acids is 1. The van der Waals surface area contributed by atoms with Crippen LogP contribution >= 0.6 is 0 Å². The van der Waals surface area contributed by atoms with Crippen LogP contribution in [0.15, 0.2) is 23.3 Å². The normalized spacial score (nSPS) is 51.5. The number of carbonyl (C=O) groups is 1. The number of esters is 1. The maximum absolute atomic E-state index is 12.4. The summed E-state index contributed by atoms with van der Waals surface area (Å²) in [7, 11) is 1.57. The van der Waals surface area contributed by atoms with Gasteiger partial charge in [-0.2, -0.15) is 0 Å². The molecule has 0 aromatic heterocycles. The molecule has 11 atom stereocenters. The zero-order valence-corrected chi connectivity index (χ0v) is 22.2. The molecule has 1 saturated heterocycles. The van der Waals surface area contributed by atoms with E-state index in [9.17, 15) is 20.1 Å². The zero-order valence-electron chi connectivity index (χ0n) is 22.2. The quantitative estimate of drug-likeness (QED) is 0.385. The standard InChI is InChI=1S/C29H42O8/c1-27-14-21(30)23(37-26-25(32)22(34-3)8-11-35-26)13-17(27)4-5-20-19(27)6-9-28(2)18(7-10-29(20,28)33)16-12-24(31)36-15-16/h12-13,18-23,25-26,30,32-33H,4-11,14-15H2,1-3H3/t18-,19+,20-,21-,22+,23-,25+,26+,27+,28-,29+/m1/s1. The van der Waals surface area contributed by atoms with Gasteiger partial charge in [-0.1, -0.05) is 25.5 Å². The summed E-state index contributed by atoms with van der Waals surface area (Å²) in [5.74, 6) is 0.319. The molecule has 206 valence electrons. The van der Waals surface area contributed by atoms with Crippen molar-refractivity contribution in [3.63, 3.8) is 0 Å². The minimum absolute atomic E-state index is 0.146. The number of aliphatic hydroxyl groups is 3. The summed E-state index contributed by atoms with van der Waals surface area (Å²) in [5.41, 5.74) is 1.04. The van der Waals surface area contributed by atoms with Crippen LogP contribution in [0, 0.1) is 28.6 Å². The lowest BCUT2D eigenvalue weighted by molar-refractivity contribution is -0.268. The molecule has 3 N–H and O–H groups in total. The van der Waals surface area contributed by atoms with Crippen LogP contribution in [-0.2, 0) is 23.7 Å². The van der Waals surface area contributed by atoms with Crippen LogP contribution in [0.5, 0.6) is 0 Å². The second-order valence-electron chi connectivity index (χ2n) is 12.8. The van der Waals surface area contributed by atoms with Gasteiger partial charge in [0.25, 0.3) is 0 Å². The number of methoxy groups -OCH3 is 1. The average molecular weight is 519 g/mol. The van der Waals surface area contributed by atoms with E-state index in [4.69, 9.17) is 18.9 Å². The molecule has 0 unspecified atom stereocenters. The summed E-state index contributed by atoms with van der Waals surface area (Å²) in [5, 5.41) is 34.2. The maximum Gasteiger partial charge on any atom is 0.331 e. The van der Waals surface area contributed by atoms with Crippen molar-refractivity contribution in [2.45, 2.75) is 102 Å². The van der Waals surface area contributed by atoms with Gasteiger partial charge >= 0.3 is 5.97 Å². The molecule has 3 saturated carbocycles. The van der Waals surface area contributed by atoms with Crippen LogP contribution in [0.2, 0.25) is 0 Å². The highest BCUT2D eigenvalue weighted by molar-refractivity contribution is 5.85. The summed E-state index contributed by atoms with van der Waals surface area (Å²) in [6.07, 6.45) is 6.78. The van der Waals surface area contributed by atoms with Gasteiger partial charge in [0.05, 0.1) is 24.4 Å². The van der Waals surface area contributed by atoms with E-state index < -0.39 is 30.2 Å². The van der Waals surface area contributed by atoms with E-state index in [1.54, 1.807) is 13.2 Å². The Hall–Kier alpha value is -1.29. The first kappa shape index (κ1) is 26.0. The Morgan fingerprint density at radius 1 is 1.08 bits per heavy atom. The van der Waals surface area contributed by atoms with Crippen LogP contribution in [0.25, 0.3) is 0 Å². The van der Waals surface area contributed by atoms with E-state index in [1.807, 2.05) is 0 Å². The molecule has 4 aliphatic carbocycles. The third-order valence-electron chi connectivity index (χ3n) is 11.4. The summed E-state index contributed by atoms with van der Waals surface area (Å²) in [6, 6.07) is 0. The van der Waals surface area contributed by atoms with Crippen LogP contribution in [-0.4, -0.2) is 77.9 Å². The molecule has 4 fully saturated rings. The third-order valence-corrected chi connectivity index (χ3v) is 11.4. The Balaban J connectivity index is 1.23. The van der Waals surface area contributed by atoms with Gasteiger partial charge in [0, 0.05) is 18.6 Å². The van der Waals surface area contributed by atoms with Crippen LogP contribution in [0.4, 0.5) is 0 Å². The Morgan fingerprint density at radius 2 is 1.89 bits per heavy atom. The molecule has 2 heterocycles. The number of allylic oxidation sites excluding steroid dienone is 1. The van der Waals surface area contributed by atoms with Gasteiger partial charge < -0.3 is 34.3 Å². The lowest BCUT2D eigenvalue weighted by Crippen LogP contribution is -2.61. The monoisotopic (exact) mass is 518 g/mol. The Morgan fingerprint density at radius 3 is 2.62 bits per heavy atom. The largest absolute Gasteiger partial charge is 0.458 e. The number of aliphatic hydroxyl groups excluding tert-OH is 2. The average Bonchev–Trinajstić information content (AvgIpc) is 3.40. The molecule has 8 nitrogen and oxygen atoms in total. The van der Waals surface area contributed by atoms with Gasteiger partial charge in [-0.15, -0.1) is 0 Å². The van der Waals surface area contributed by atoms with E-state index in [-0.39, 0.29) is 40.7 Å². The first-order valence-electron chi connectivity index (χ1n) is 14.1. The van der Waals surface area contributed by atoms with Gasteiger partial charge in [-0.3, -0.25) is 0 Å². The molecule has 2 aliphatic heterocycles. The van der Waals surface area contributed by atoms with Crippen LogP contribution in [0.1, 0.15) is 65.2 Å². The van der Waals surface area contributed by atoms with Crippen molar-refractivity contribution in [3.8, 4) is 0 Å². The van der Waals surface area contributed by atoms with E-state index in [0.717, 1.165) is 44.1 Å². The number of ether oxygens (including phenoxy) is 4. The summed E-state index contributed by atoms with van der Waals surface area (Å²) < 4.78 is 22.4. The molecule has 0 spiro atoms. The molecule has 8 heteroatoms. The van der Waals surface area contributed by atoms with Crippen molar-refractivity contribution in [2.24, 2.45) is 28.6 Å². The minimum atomic E-state index is -0.898. The SMILES string of the molecule is CO[C@H]1CCO[C@@H](O[C@@H]2C=C3CC[C@@H]4[C@H](CC[C@]5(C)[C@@H](C6=CC(=O)OC6)CC[C@]45O)[C@@]3(C)C[C@H]2O)[C@H]1O. The van der Waals surface area contributed by atoms with Crippen molar-refractivity contribution in [1.29, 1.82) is 0 Å². The molecule has 0 amide bonds. The molecular formula is C29H42O8. The summed E-state index contributed by atoms with van der Waals surface area (Å²) >= 11 is 0. The molecule has 0 bridgehead atoms. The number of hydrogen-bond donors (Lipinski definition) is 3. The molecule has 6 aliphatic rings. The second kappa shape index (κ2) is 9.14. The highest BCUT2D eigenvalue weighted by Crippen LogP contribution is 2.69. The summed E-state index contributed by atoms with van der Waals surface area (Å²) in [6.45, 7) is 5.27. The van der Waals surface area contributed by atoms with E-state index >= 15 is 0 Å². The zero-order chi connectivity index (χ0) is 26.2. The lowest BCUT2D eigenvalue weighted by Gasteiger charge is -2.62. The Labute approximate surface area is 219 Å². The van der Waals surface area contributed by atoms with Crippen molar-refractivity contribution in [3.05, 3.63) is 23.3 Å². The van der Waals surface area contributed by atoms with Crippen LogP contribution < -0.4 is 0 Å². The molecule has 0 aromatic rings. The number of rotatable bonds is 4. The first-order chi connectivity index (χ1) is 17.6. The Bertz CT molecular complexity index is 992. The van der Waals surface area contributed by atoms with E-state index in [1.165, 1.54) is 5.57 Å². The van der Waals surface area contributed by atoms with Gasteiger partial charge in [0.1, 0.15) is 18.8 Å². The summed E-state index contributed by atoms with van der Waals surface area (Å²) in [4.78, 5) is 11.8. The fourth-order valence-electron chi connectivity index (χ4n) is 9.30. The third kappa shape index (κ3) is 3.81. The van der Waals surface area contributed by atoms with Crippen LogP contribution in [0.3, 0.4) is 0 Å². The minimum Gasteiger partial charge on any atom is -0.458 e. The molecule has 0 aromatic carbocycles. The van der Waals surface area contributed by atoms with Gasteiger partial charge in [-0.25, -0.2) is 4.79 Å². The molecular weight excluding hydrogens is 476 g/mol.